The molecule has 9 heteroatoms. The molecule has 0 atom stereocenters. The number of nitrogens with zero attached hydrogens (tertiary/aromatic N) is 4. The molecule has 1 aromatic heterocycles. The zero-order valence-electron chi connectivity index (χ0n) is 18.0. The number of anilines is 2. The van der Waals surface area contributed by atoms with Crippen LogP contribution in [0.3, 0.4) is 0 Å². The average molecular weight is 472 g/mol. The van der Waals surface area contributed by atoms with Gasteiger partial charge in [-0.25, -0.2) is 0 Å². The Morgan fingerprint density at radius 2 is 1.84 bits per heavy atom. The predicted molar refractivity (Wildman–Crippen MR) is 129 cm³/mol. The third kappa shape index (κ3) is 5.75. The number of carbonyl (C=O) groups is 1. The van der Waals surface area contributed by atoms with Crippen molar-refractivity contribution in [1.29, 1.82) is 0 Å². The Labute approximate surface area is 197 Å². The lowest BCUT2D eigenvalue weighted by Crippen LogP contribution is -2.29. The molecule has 3 aromatic rings. The maximum Gasteiger partial charge on any atom is 0.234 e. The highest BCUT2D eigenvalue weighted by atomic mass is 35.5. The maximum atomic E-state index is 12.4. The van der Waals surface area contributed by atoms with Crippen molar-refractivity contribution in [2.45, 2.75) is 31.0 Å². The van der Waals surface area contributed by atoms with E-state index in [-0.39, 0.29) is 18.3 Å². The molecule has 168 valence electrons. The number of benzene rings is 2. The molecule has 0 radical (unpaired) electrons. The SMILES string of the molecule is Cn1c(COc2ccccc2Cl)nnc1SCC(=O)Nc1ccc(N2CCCCC2)cc1. The number of hydrogen-bond acceptors (Lipinski definition) is 6. The zero-order chi connectivity index (χ0) is 22.3. The summed E-state index contributed by atoms with van der Waals surface area (Å²) in [7, 11) is 1.85. The van der Waals surface area contributed by atoms with E-state index in [0.29, 0.717) is 21.8 Å². The van der Waals surface area contributed by atoms with Crippen molar-refractivity contribution in [3.8, 4) is 5.75 Å². The second-order valence-electron chi connectivity index (χ2n) is 7.61. The van der Waals surface area contributed by atoms with Crippen molar-refractivity contribution >= 4 is 40.6 Å². The van der Waals surface area contributed by atoms with E-state index in [1.807, 2.05) is 35.9 Å². The summed E-state index contributed by atoms with van der Waals surface area (Å²) in [6, 6.07) is 15.3. The molecule has 1 N–H and O–H groups in total. The van der Waals surface area contributed by atoms with Gasteiger partial charge < -0.3 is 19.5 Å². The number of para-hydroxylation sites is 1. The van der Waals surface area contributed by atoms with Crippen LogP contribution < -0.4 is 15.0 Å². The molecular formula is C23H26ClN5O2S. The molecule has 4 rings (SSSR count). The van der Waals surface area contributed by atoms with Crippen molar-refractivity contribution in [3.05, 3.63) is 59.4 Å². The van der Waals surface area contributed by atoms with E-state index in [0.717, 1.165) is 18.8 Å². The Balaban J connectivity index is 1.26. The molecule has 1 amide bonds. The van der Waals surface area contributed by atoms with Crippen LogP contribution >= 0.6 is 23.4 Å². The van der Waals surface area contributed by atoms with Gasteiger partial charge in [-0.3, -0.25) is 4.79 Å². The van der Waals surface area contributed by atoms with Gasteiger partial charge in [0, 0.05) is 31.5 Å². The first-order valence-electron chi connectivity index (χ1n) is 10.6. The molecule has 32 heavy (non-hydrogen) atoms. The summed E-state index contributed by atoms with van der Waals surface area (Å²) >= 11 is 7.45. The number of hydrogen-bond donors (Lipinski definition) is 1. The molecular weight excluding hydrogens is 446 g/mol. The summed E-state index contributed by atoms with van der Waals surface area (Å²) in [6.45, 7) is 2.44. The third-order valence-corrected chi connectivity index (χ3v) is 6.66. The quantitative estimate of drug-likeness (QED) is 0.477. The van der Waals surface area contributed by atoms with Crippen LogP contribution in [-0.4, -0.2) is 39.5 Å². The monoisotopic (exact) mass is 471 g/mol. The minimum atomic E-state index is -0.0856. The highest BCUT2D eigenvalue weighted by molar-refractivity contribution is 7.99. The molecule has 0 spiro atoms. The second kappa shape index (κ2) is 10.7. The predicted octanol–water partition coefficient (Wildman–Crippen LogP) is 4.77. The van der Waals surface area contributed by atoms with Crippen LogP contribution in [0.25, 0.3) is 0 Å². The molecule has 1 aliphatic rings. The van der Waals surface area contributed by atoms with Crippen molar-refractivity contribution in [1.82, 2.24) is 14.8 Å². The van der Waals surface area contributed by atoms with Crippen LogP contribution in [-0.2, 0) is 18.4 Å². The van der Waals surface area contributed by atoms with E-state index < -0.39 is 0 Å². The first-order chi connectivity index (χ1) is 15.6. The van der Waals surface area contributed by atoms with E-state index in [1.54, 1.807) is 12.1 Å². The van der Waals surface area contributed by atoms with Gasteiger partial charge in [-0.2, -0.15) is 0 Å². The van der Waals surface area contributed by atoms with Crippen LogP contribution in [0, 0.1) is 0 Å². The van der Waals surface area contributed by atoms with E-state index >= 15 is 0 Å². The fourth-order valence-electron chi connectivity index (χ4n) is 3.54. The molecule has 1 fully saturated rings. The number of ether oxygens (including phenoxy) is 1. The largest absolute Gasteiger partial charge is 0.484 e. The van der Waals surface area contributed by atoms with Gasteiger partial charge in [-0.15, -0.1) is 10.2 Å². The Hall–Kier alpha value is -2.71. The van der Waals surface area contributed by atoms with Gasteiger partial charge in [-0.05, 0) is 55.7 Å². The molecule has 1 saturated heterocycles. The van der Waals surface area contributed by atoms with Gasteiger partial charge in [-0.1, -0.05) is 35.5 Å². The molecule has 0 saturated carbocycles. The molecule has 2 heterocycles. The number of halogens is 1. The first kappa shape index (κ1) is 22.5. The molecule has 0 unspecified atom stereocenters. The van der Waals surface area contributed by atoms with Crippen LogP contribution in [0.15, 0.2) is 53.7 Å². The highest BCUT2D eigenvalue weighted by Crippen LogP contribution is 2.25. The van der Waals surface area contributed by atoms with Gasteiger partial charge >= 0.3 is 0 Å². The van der Waals surface area contributed by atoms with Crippen LogP contribution in [0.5, 0.6) is 5.75 Å². The lowest BCUT2D eigenvalue weighted by Gasteiger charge is -2.28. The summed E-state index contributed by atoms with van der Waals surface area (Å²) < 4.78 is 7.55. The van der Waals surface area contributed by atoms with Crippen molar-refractivity contribution in [2.75, 3.05) is 29.1 Å². The van der Waals surface area contributed by atoms with Crippen LogP contribution in [0.2, 0.25) is 5.02 Å². The van der Waals surface area contributed by atoms with Gasteiger partial charge in [0.15, 0.2) is 11.0 Å². The number of thioether (sulfide) groups is 1. The van der Waals surface area contributed by atoms with Gasteiger partial charge in [0.1, 0.15) is 12.4 Å². The number of piperidine rings is 1. The number of aromatic nitrogens is 3. The van der Waals surface area contributed by atoms with Crippen molar-refractivity contribution in [3.63, 3.8) is 0 Å². The van der Waals surface area contributed by atoms with Gasteiger partial charge in [0.2, 0.25) is 5.91 Å². The first-order valence-corrected chi connectivity index (χ1v) is 12.0. The highest BCUT2D eigenvalue weighted by Gasteiger charge is 2.14. The minimum absolute atomic E-state index is 0.0856. The lowest BCUT2D eigenvalue weighted by atomic mass is 10.1. The molecule has 7 nitrogen and oxygen atoms in total. The Bertz CT molecular complexity index is 1050. The zero-order valence-corrected chi connectivity index (χ0v) is 19.5. The smallest absolute Gasteiger partial charge is 0.234 e. The van der Waals surface area contributed by atoms with Crippen molar-refractivity contribution in [2.24, 2.45) is 7.05 Å². The number of carbonyl (C=O) groups excluding carboxylic acids is 1. The summed E-state index contributed by atoms with van der Waals surface area (Å²) in [6.07, 6.45) is 3.79. The Kier molecular flexibility index (Phi) is 7.55. The molecule has 0 aliphatic carbocycles. The Morgan fingerprint density at radius 3 is 2.59 bits per heavy atom. The fraction of sp³-hybridized carbons (Fsp3) is 0.348. The summed E-state index contributed by atoms with van der Waals surface area (Å²) in [5.74, 6) is 1.40. The van der Waals surface area contributed by atoms with Crippen molar-refractivity contribution < 1.29 is 9.53 Å². The standard InChI is InChI=1S/C23H26ClN5O2S/c1-28-21(15-31-20-8-4-3-7-19(20)24)26-27-23(28)32-16-22(30)25-17-9-11-18(12-10-17)29-13-5-2-6-14-29/h3-4,7-12H,2,5-6,13-16H2,1H3,(H,25,30). The second-order valence-corrected chi connectivity index (χ2v) is 8.96. The van der Waals surface area contributed by atoms with Gasteiger partial charge in [0.05, 0.1) is 10.8 Å². The maximum absolute atomic E-state index is 12.4. The molecule has 1 aliphatic heterocycles. The van der Waals surface area contributed by atoms with E-state index in [9.17, 15) is 4.79 Å². The van der Waals surface area contributed by atoms with E-state index in [2.05, 4.69) is 32.5 Å². The Morgan fingerprint density at radius 1 is 1.09 bits per heavy atom. The number of amides is 1. The summed E-state index contributed by atoms with van der Waals surface area (Å²) in [4.78, 5) is 14.8. The fourth-order valence-corrected chi connectivity index (χ4v) is 4.46. The van der Waals surface area contributed by atoms with Gasteiger partial charge in [0.25, 0.3) is 0 Å². The van der Waals surface area contributed by atoms with E-state index in [1.165, 1.54) is 36.7 Å². The number of nitrogens with one attached hydrogen (secondary N) is 1. The summed E-state index contributed by atoms with van der Waals surface area (Å²) in [5.41, 5.74) is 2.01. The molecule has 0 bridgehead atoms. The van der Waals surface area contributed by atoms with Crippen LogP contribution in [0.4, 0.5) is 11.4 Å². The van der Waals surface area contributed by atoms with Crippen LogP contribution in [0.1, 0.15) is 25.1 Å². The average Bonchev–Trinajstić information content (AvgIpc) is 3.17. The third-order valence-electron chi connectivity index (χ3n) is 5.32. The summed E-state index contributed by atoms with van der Waals surface area (Å²) in [5, 5.41) is 12.5. The number of rotatable bonds is 8. The topological polar surface area (TPSA) is 72.3 Å². The molecule has 2 aromatic carbocycles. The van der Waals surface area contributed by atoms with E-state index in [4.69, 9.17) is 16.3 Å². The minimum Gasteiger partial charge on any atom is -0.484 e. The lowest BCUT2D eigenvalue weighted by molar-refractivity contribution is -0.113. The normalized spacial score (nSPS) is 13.8.